The minimum Gasteiger partial charge on any atom is -0.457 e. The van der Waals surface area contributed by atoms with Gasteiger partial charge in [0, 0.05) is 22.6 Å². The number of carbonyl (C=O) groups excluding carboxylic acids is 2. The molecule has 0 atom stereocenters. The predicted octanol–water partition coefficient (Wildman–Crippen LogP) is 3.75. The number of carbonyl (C=O) groups is 2. The Morgan fingerprint density at radius 3 is 2.46 bits per heavy atom. The lowest BCUT2D eigenvalue weighted by atomic mass is 10.1. The topological polar surface area (TPSA) is 82.3 Å². The molecule has 0 amide bonds. The number of ketones is 1. The third kappa shape index (κ3) is 4.77. The molecule has 26 heavy (non-hydrogen) atoms. The van der Waals surface area contributed by atoms with Crippen molar-refractivity contribution in [1.82, 2.24) is 10.2 Å². The van der Waals surface area contributed by atoms with E-state index < -0.39 is 5.97 Å². The van der Waals surface area contributed by atoms with Gasteiger partial charge >= 0.3 is 5.97 Å². The smallest absolute Gasteiger partial charge is 0.306 e. The lowest BCUT2D eigenvalue weighted by Crippen LogP contribution is -2.14. The Morgan fingerprint density at radius 2 is 1.73 bits per heavy atom. The van der Waals surface area contributed by atoms with Crippen LogP contribution in [0.4, 0.5) is 0 Å². The lowest BCUT2D eigenvalue weighted by molar-refractivity contribution is -0.142. The highest BCUT2D eigenvalue weighted by Crippen LogP contribution is 2.17. The van der Waals surface area contributed by atoms with Crippen LogP contribution in [0, 0.1) is 0 Å². The summed E-state index contributed by atoms with van der Waals surface area (Å²) in [6.07, 6.45) is 0.290. The van der Waals surface area contributed by atoms with Gasteiger partial charge < -0.3 is 9.15 Å². The maximum atomic E-state index is 11.9. The van der Waals surface area contributed by atoms with Crippen LogP contribution in [0.1, 0.15) is 22.7 Å². The van der Waals surface area contributed by atoms with E-state index in [0.717, 1.165) is 5.56 Å². The van der Waals surface area contributed by atoms with Crippen LogP contribution in [0.3, 0.4) is 0 Å². The molecule has 0 saturated carbocycles. The van der Waals surface area contributed by atoms with E-state index in [0.29, 0.717) is 22.4 Å². The van der Waals surface area contributed by atoms with Gasteiger partial charge in [0.05, 0.1) is 6.42 Å². The molecule has 0 N–H and O–H groups in total. The largest absolute Gasteiger partial charge is 0.457 e. The Kier molecular flexibility index (Phi) is 5.76. The van der Waals surface area contributed by atoms with Crippen molar-refractivity contribution in [2.24, 2.45) is 0 Å². The highest BCUT2D eigenvalue weighted by atomic mass is 35.5. The second-order valence-corrected chi connectivity index (χ2v) is 5.89. The zero-order chi connectivity index (χ0) is 18.4. The summed E-state index contributed by atoms with van der Waals surface area (Å²) in [5.74, 6) is -0.0670. The first-order chi connectivity index (χ1) is 12.6. The Bertz CT molecular complexity index is 891. The van der Waals surface area contributed by atoms with Gasteiger partial charge in [-0.15, -0.1) is 10.2 Å². The molecule has 1 heterocycles. The van der Waals surface area contributed by atoms with Crippen LogP contribution >= 0.6 is 11.6 Å². The van der Waals surface area contributed by atoms with Gasteiger partial charge in [-0.25, -0.2) is 0 Å². The van der Waals surface area contributed by atoms with Crippen LogP contribution in [0.25, 0.3) is 11.5 Å². The first-order valence-electron chi connectivity index (χ1n) is 7.94. The molecule has 3 rings (SSSR count). The van der Waals surface area contributed by atoms with Crippen molar-refractivity contribution in [2.45, 2.75) is 12.8 Å². The van der Waals surface area contributed by atoms with Crippen LogP contribution in [-0.4, -0.2) is 28.6 Å². The average Bonchev–Trinajstić information content (AvgIpc) is 3.15. The third-order valence-electron chi connectivity index (χ3n) is 3.56. The van der Waals surface area contributed by atoms with Gasteiger partial charge in [-0.3, -0.25) is 9.59 Å². The molecule has 1 aromatic heterocycles. The number of benzene rings is 2. The number of aryl methyl sites for hydroxylation is 1. The molecule has 0 unspecified atom stereocenters. The van der Waals surface area contributed by atoms with Crippen molar-refractivity contribution < 1.29 is 18.7 Å². The van der Waals surface area contributed by atoms with E-state index in [1.807, 2.05) is 30.3 Å². The van der Waals surface area contributed by atoms with Crippen LogP contribution in [0.2, 0.25) is 5.02 Å². The fourth-order valence-electron chi connectivity index (χ4n) is 2.20. The van der Waals surface area contributed by atoms with E-state index in [-0.39, 0.29) is 25.2 Å². The molecule has 132 valence electrons. The van der Waals surface area contributed by atoms with Crippen molar-refractivity contribution >= 4 is 23.4 Å². The van der Waals surface area contributed by atoms with Crippen molar-refractivity contribution in [2.75, 3.05) is 6.61 Å². The van der Waals surface area contributed by atoms with Crippen molar-refractivity contribution in [3.8, 4) is 11.5 Å². The van der Waals surface area contributed by atoms with E-state index in [9.17, 15) is 9.59 Å². The molecule has 0 bridgehead atoms. The van der Waals surface area contributed by atoms with Gasteiger partial charge in [-0.2, -0.15) is 0 Å². The first-order valence-corrected chi connectivity index (χ1v) is 8.32. The van der Waals surface area contributed by atoms with Gasteiger partial charge in [-0.05, 0) is 36.4 Å². The summed E-state index contributed by atoms with van der Waals surface area (Å²) in [5.41, 5.74) is 1.24. The molecule has 0 spiro atoms. The normalized spacial score (nSPS) is 10.5. The van der Waals surface area contributed by atoms with E-state index in [1.165, 1.54) is 0 Å². The molecular formula is C19H15ClN2O4. The van der Waals surface area contributed by atoms with E-state index in [1.54, 1.807) is 24.3 Å². The van der Waals surface area contributed by atoms with Gasteiger partial charge in [0.2, 0.25) is 11.8 Å². The molecule has 0 radical (unpaired) electrons. The quantitative estimate of drug-likeness (QED) is 0.465. The van der Waals surface area contributed by atoms with E-state index in [4.69, 9.17) is 20.8 Å². The zero-order valence-electron chi connectivity index (χ0n) is 13.7. The van der Waals surface area contributed by atoms with Crippen molar-refractivity contribution in [3.05, 3.63) is 71.1 Å². The zero-order valence-corrected chi connectivity index (χ0v) is 14.5. The minimum atomic E-state index is -0.508. The number of aromatic nitrogens is 2. The Hall–Kier alpha value is -2.99. The molecule has 2 aromatic carbocycles. The number of hydrogen-bond donors (Lipinski definition) is 0. The second-order valence-electron chi connectivity index (χ2n) is 5.46. The number of rotatable bonds is 7. The number of hydrogen-bond acceptors (Lipinski definition) is 6. The van der Waals surface area contributed by atoms with Crippen LogP contribution in [-0.2, 0) is 16.0 Å². The standard InChI is InChI=1S/C19H15ClN2O4/c20-15-8-6-13(7-9-15)16(23)12-25-18(24)11-10-17-21-22-19(26-17)14-4-2-1-3-5-14/h1-9H,10-12H2. The summed E-state index contributed by atoms with van der Waals surface area (Å²) < 4.78 is 10.5. The highest BCUT2D eigenvalue weighted by Gasteiger charge is 2.13. The van der Waals surface area contributed by atoms with Gasteiger partial charge in [0.1, 0.15) is 0 Å². The maximum Gasteiger partial charge on any atom is 0.306 e. The summed E-state index contributed by atoms with van der Waals surface area (Å²) in [4.78, 5) is 23.7. The van der Waals surface area contributed by atoms with E-state index >= 15 is 0 Å². The molecule has 3 aromatic rings. The molecule has 0 saturated heterocycles. The summed E-state index contributed by atoms with van der Waals surface area (Å²) in [6, 6.07) is 15.7. The summed E-state index contributed by atoms with van der Waals surface area (Å²) >= 11 is 5.77. The molecular weight excluding hydrogens is 356 g/mol. The maximum absolute atomic E-state index is 11.9. The molecule has 0 aliphatic rings. The number of esters is 1. The molecule has 0 aliphatic heterocycles. The first kappa shape index (κ1) is 17.8. The van der Waals surface area contributed by atoms with Crippen molar-refractivity contribution in [3.63, 3.8) is 0 Å². The fourth-order valence-corrected chi connectivity index (χ4v) is 2.32. The monoisotopic (exact) mass is 370 g/mol. The summed E-state index contributed by atoms with van der Waals surface area (Å²) in [7, 11) is 0. The second kappa shape index (κ2) is 8.40. The predicted molar refractivity (Wildman–Crippen MR) is 94.8 cm³/mol. The Labute approximate surface area is 154 Å². The number of nitrogens with zero attached hydrogens (tertiary/aromatic N) is 2. The highest BCUT2D eigenvalue weighted by molar-refractivity contribution is 6.30. The SMILES string of the molecule is O=C(CCc1nnc(-c2ccccc2)o1)OCC(=O)c1ccc(Cl)cc1. The third-order valence-corrected chi connectivity index (χ3v) is 3.81. The lowest BCUT2D eigenvalue weighted by Gasteiger charge is -2.03. The Balaban J connectivity index is 1.46. The number of ether oxygens (including phenoxy) is 1. The minimum absolute atomic E-state index is 0.0460. The summed E-state index contributed by atoms with van der Waals surface area (Å²) in [6.45, 7) is -0.320. The molecule has 0 fully saturated rings. The van der Waals surface area contributed by atoms with Gasteiger partial charge in [-0.1, -0.05) is 29.8 Å². The molecule has 6 nitrogen and oxygen atoms in total. The number of Topliss-reactive ketones (excluding diaryl/α,β-unsaturated/α-hetero) is 1. The van der Waals surface area contributed by atoms with Gasteiger partial charge in [0.25, 0.3) is 0 Å². The summed E-state index contributed by atoms with van der Waals surface area (Å²) in [5, 5.41) is 8.40. The van der Waals surface area contributed by atoms with Gasteiger partial charge in [0.15, 0.2) is 12.4 Å². The van der Waals surface area contributed by atoms with Crippen LogP contribution in [0.15, 0.2) is 59.0 Å². The van der Waals surface area contributed by atoms with Crippen LogP contribution < -0.4 is 0 Å². The van der Waals surface area contributed by atoms with Crippen molar-refractivity contribution in [1.29, 1.82) is 0 Å². The van der Waals surface area contributed by atoms with E-state index in [2.05, 4.69) is 10.2 Å². The fraction of sp³-hybridized carbons (Fsp3) is 0.158. The number of halogens is 1. The van der Waals surface area contributed by atoms with Crippen LogP contribution in [0.5, 0.6) is 0 Å². The average molecular weight is 371 g/mol. The Morgan fingerprint density at radius 1 is 1.00 bits per heavy atom. The molecule has 7 heteroatoms. The molecule has 0 aliphatic carbocycles.